The Bertz CT molecular complexity index is 600. The summed E-state index contributed by atoms with van der Waals surface area (Å²) in [4.78, 5) is 12.1. The van der Waals surface area contributed by atoms with Gasteiger partial charge in [-0.25, -0.2) is 0 Å². The summed E-state index contributed by atoms with van der Waals surface area (Å²) < 4.78 is 2.04. The second-order valence-electron chi connectivity index (χ2n) is 4.88. The number of hydrogen-bond acceptors (Lipinski definition) is 2. The van der Waals surface area contributed by atoms with Crippen molar-refractivity contribution in [2.75, 3.05) is 0 Å². The van der Waals surface area contributed by atoms with Crippen molar-refractivity contribution < 1.29 is 9.90 Å². The second kappa shape index (κ2) is 4.80. The van der Waals surface area contributed by atoms with Gasteiger partial charge in [0.15, 0.2) is 0 Å². The fourth-order valence-corrected chi connectivity index (χ4v) is 2.20. The Morgan fingerprint density at radius 2 is 2.16 bits per heavy atom. The highest BCUT2D eigenvalue weighted by atomic mass is 16.3. The van der Waals surface area contributed by atoms with Crippen LogP contribution < -0.4 is 5.32 Å². The lowest BCUT2D eigenvalue weighted by molar-refractivity contribution is 0.0941. The van der Waals surface area contributed by atoms with Crippen LogP contribution in [0.5, 0.6) is 5.75 Å². The molecule has 1 fully saturated rings. The van der Waals surface area contributed by atoms with Gasteiger partial charge >= 0.3 is 0 Å². The molecule has 1 saturated carbocycles. The zero-order chi connectivity index (χ0) is 13.2. The number of aromatic hydroxyl groups is 1. The number of nitrogens with one attached hydrogen (secondary N) is 1. The molecule has 2 aromatic rings. The third kappa shape index (κ3) is 2.62. The van der Waals surface area contributed by atoms with Gasteiger partial charge in [0, 0.05) is 18.8 Å². The standard InChI is InChI=1S/C15H16N2O2/c18-13-4-1-3-11(9-13)10-16-15(19)14-5-2-8-17(14)12-6-7-12/h1-5,8-9,12,18H,6-7,10H2,(H,16,19). The number of nitrogens with zero attached hydrogens (tertiary/aromatic N) is 1. The van der Waals surface area contributed by atoms with Gasteiger partial charge < -0.3 is 15.0 Å². The predicted molar refractivity (Wildman–Crippen MR) is 72.0 cm³/mol. The normalized spacial score (nSPS) is 14.3. The van der Waals surface area contributed by atoms with Crippen LogP contribution in [0.2, 0.25) is 0 Å². The summed E-state index contributed by atoms with van der Waals surface area (Å²) in [7, 11) is 0. The van der Waals surface area contributed by atoms with E-state index in [-0.39, 0.29) is 11.7 Å². The highest BCUT2D eigenvalue weighted by Gasteiger charge is 2.26. The molecule has 0 saturated heterocycles. The molecule has 1 aliphatic rings. The summed E-state index contributed by atoms with van der Waals surface area (Å²) in [5, 5.41) is 12.3. The predicted octanol–water partition coefficient (Wildman–Crippen LogP) is 2.46. The molecule has 0 aliphatic heterocycles. The summed E-state index contributed by atoms with van der Waals surface area (Å²) in [6.07, 6.45) is 4.27. The van der Waals surface area contributed by atoms with Crippen molar-refractivity contribution in [3.63, 3.8) is 0 Å². The molecule has 0 radical (unpaired) electrons. The molecule has 0 unspecified atom stereocenters. The molecule has 1 heterocycles. The van der Waals surface area contributed by atoms with E-state index in [2.05, 4.69) is 5.32 Å². The fourth-order valence-electron chi connectivity index (χ4n) is 2.20. The van der Waals surface area contributed by atoms with Crippen LogP contribution in [-0.2, 0) is 6.54 Å². The number of carbonyl (C=O) groups excluding carboxylic acids is 1. The largest absolute Gasteiger partial charge is 0.508 e. The molecule has 2 N–H and O–H groups in total. The minimum atomic E-state index is -0.0692. The monoisotopic (exact) mass is 256 g/mol. The average Bonchev–Trinajstić information content (AvgIpc) is 3.13. The van der Waals surface area contributed by atoms with Crippen LogP contribution in [0.3, 0.4) is 0 Å². The Morgan fingerprint density at radius 3 is 2.89 bits per heavy atom. The molecule has 1 amide bonds. The molecule has 0 atom stereocenters. The lowest BCUT2D eigenvalue weighted by Gasteiger charge is -2.09. The topological polar surface area (TPSA) is 54.3 Å². The number of phenols is 1. The quantitative estimate of drug-likeness (QED) is 0.883. The van der Waals surface area contributed by atoms with Crippen LogP contribution in [0.15, 0.2) is 42.6 Å². The van der Waals surface area contributed by atoms with E-state index >= 15 is 0 Å². The first-order valence-corrected chi connectivity index (χ1v) is 6.47. The van der Waals surface area contributed by atoms with Crippen molar-refractivity contribution in [1.82, 2.24) is 9.88 Å². The number of carbonyl (C=O) groups is 1. The van der Waals surface area contributed by atoms with Gasteiger partial charge in [-0.3, -0.25) is 4.79 Å². The van der Waals surface area contributed by atoms with E-state index in [9.17, 15) is 9.90 Å². The lowest BCUT2D eigenvalue weighted by atomic mass is 10.2. The Hall–Kier alpha value is -2.23. The van der Waals surface area contributed by atoms with Crippen LogP contribution in [0.1, 0.15) is 34.9 Å². The summed E-state index contributed by atoms with van der Waals surface area (Å²) in [6, 6.07) is 11.2. The maximum atomic E-state index is 12.1. The number of hydrogen-bond donors (Lipinski definition) is 2. The van der Waals surface area contributed by atoms with Crippen molar-refractivity contribution in [3.05, 3.63) is 53.9 Å². The Kier molecular flexibility index (Phi) is 2.99. The van der Waals surface area contributed by atoms with Gasteiger partial charge in [0.25, 0.3) is 5.91 Å². The Morgan fingerprint density at radius 1 is 1.32 bits per heavy atom. The molecule has 0 spiro atoms. The summed E-state index contributed by atoms with van der Waals surface area (Å²) in [6.45, 7) is 0.420. The van der Waals surface area contributed by atoms with Crippen LogP contribution in [-0.4, -0.2) is 15.6 Å². The van der Waals surface area contributed by atoms with Gasteiger partial charge in [0.2, 0.25) is 0 Å². The smallest absolute Gasteiger partial charge is 0.268 e. The van der Waals surface area contributed by atoms with Crippen molar-refractivity contribution in [2.24, 2.45) is 0 Å². The first kappa shape index (κ1) is 11.8. The van der Waals surface area contributed by atoms with Crippen molar-refractivity contribution in [3.8, 4) is 5.75 Å². The molecule has 1 aliphatic carbocycles. The van der Waals surface area contributed by atoms with Gasteiger partial charge in [-0.15, -0.1) is 0 Å². The Balaban J connectivity index is 1.66. The van der Waals surface area contributed by atoms with Crippen LogP contribution in [0.4, 0.5) is 0 Å². The zero-order valence-corrected chi connectivity index (χ0v) is 10.5. The van der Waals surface area contributed by atoms with E-state index in [1.54, 1.807) is 18.2 Å². The maximum absolute atomic E-state index is 12.1. The van der Waals surface area contributed by atoms with Crippen LogP contribution >= 0.6 is 0 Å². The van der Waals surface area contributed by atoms with Gasteiger partial charge in [0.1, 0.15) is 11.4 Å². The number of phenolic OH excluding ortho intramolecular Hbond substituents is 1. The second-order valence-corrected chi connectivity index (χ2v) is 4.88. The minimum absolute atomic E-state index is 0.0692. The van der Waals surface area contributed by atoms with Crippen LogP contribution in [0.25, 0.3) is 0 Å². The number of aromatic nitrogens is 1. The highest BCUT2D eigenvalue weighted by Crippen LogP contribution is 2.35. The molecular formula is C15H16N2O2. The molecule has 98 valence electrons. The van der Waals surface area contributed by atoms with Gasteiger partial charge in [-0.2, -0.15) is 0 Å². The first-order chi connectivity index (χ1) is 9.24. The maximum Gasteiger partial charge on any atom is 0.268 e. The molecule has 1 aromatic heterocycles. The molecule has 0 bridgehead atoms. The molecular weight excluding hydrogens is 240 g/mol. The lowest BCUT2D eigenvalue weighted by Crippen LogP contribution is -2.25. The van der Waals surface area contributed by atoms with Crippen molar-refractivity contribution in [2.45, 2.75) is 25.4 Å². The summed E-state index contributed by atoms with van der Waals surface area (Å²) in [5.74, 6) is 0.147. The third-order valence-electron chi connectivity index (χ3n) is 3.32. The fraction of sp³-hybridized carbons (Fsp3) is 0.267. The molecule has 1 aromatic carbocycles. The van der Waals surface area contributed by atoms with E-state index in [0.29, 0.717) is 18.3 Å². The molecule has 4 heteroatoms. The summed E-state index contributed by atoms with van der Waals surface area (Å²) in [5.41, 5.74) is 1.60. The van der Waals surface area contributed by atoms with Crippen molar-refractivity contribution >= 4 is 5.91 Å². The Labute approximate surface area is 111 Å². The van der Waals surface area contributed by atoms with Gasteiger partial charge in [-0.1, -0.05) is 12.1 Å². The summed E-state index contributed by atoms with van der Waals surface area (Å²) >= 11 is 0. The number of benzene rings is 1. The highest BCUT2D eigenvalue weighted by molar-refractivity contribution is 5.92. The van der Waals surface area contributed by atoms with Crippen LogP contribution in [0, 0.1) is 0 Å². The molecule has 3 rings (SSSR count). The first-order valence-electron chi connectivity index (χ1n) is 6.47. The minimum Gasteiger partial charge on any atom is -0.508 e. The van der Waals surface area contributed by atoms with E-state index in [1.807, 2.05) is 29.0 Å². The SMILES string of the molecule is O=C(NCc1cccc(O)c1)c1cccn1C1CC1. The van der Waals surface area contributed by atoms with Gasteiger partial charge in [0.05, 0.1) is 0 Å². The molecule has 4 nitrogen and oxygen atoms in total. The van der Waals surface area contributed by atoms with E-state index in [1.165, 1.54) is 0 Å². The molecule has 19 heavy (non-hydrogen) atoms. The zero-order valence-electron chi connectivity index (χ0n) is 10.5. The van der Waals surface area contributed by atoms with Gasteiger partial charge in [-0.05, 0) is 42.7 Å². The number of amides is 1. The van der Waals surface area contributed by atoms with Crippen molar-refractivity contribution in [1.29, 1.82) is 0 Å². The third-order valence-corrected chi connectivity index (χ3v) is 3.32. The van der Waals surface area contributed by atoms with E-state index in [0.717, 1.165) is 18.4 Å². The average molecular weight is 256 g/mol. The number of rotatable bonds is 4. The van der Waals surface area contributed by atoms with E-state index in [4.69, 9.17) is 0 Å². The van der Waals surface area contributed by atoms with E-state index < -0.39 is 0 Å².